The lowest BCUT2D eigenvalue weighted by atomic mass is 10.0. The van der Waals surface area contributed by atoms with E-state index in [9.17, 15) is 4.79 Å². The van der Waals surface area contributed by atoms with Gasteiger partial charge in [0.05, 0.1) is 11.7 Å². The minimum absolute atomic E-state index is 0.240. The third kappa shape index (κ3) is 3.53. The smallest absolute Gasteiger partial charge is 0.420 e. The summed E-state index contributed by atoms with van der Waals surface area (Å²) in [6, 6.07) is 22.3. The van der Waals surface area contributed by atoms with Crippen LogP contribution in [0.25, 0.3) is 12.2 Å². The SMILES string of the molecule is O=C(Oc1ccccc1)N1c2ccccc2C=C[C@H]1/C=C/c1ccc2c(c1)OCO2. The van der Waals surface area contributed by atoms with Crippen molar-refractivity contribution in [1.82, 2.24) is 0 Å². The van der Waals surface area contributed by atoms with Gasteiger partial charge >= 0.3 is 6.09 Å². The first-order valence-electron chi connectivity index (χ1n) is 9.69. The van der Waals surface area contributed by atoms with E-state index >= 15 is 0 Å². The van der Waals surface area contributed by atoms with Crippen molar-refractivity contribution in [3.05, 3.63) is 96.1 Å². The zero-order valence-corrected chi connectivity index (χ0v) is 16.1. The number of carbonyl (C=O) groups is 1. The van der Waals surface area contributed by atoms with E-state index in [2.05, 4.69) is 0 Å². The highest BCUT2D eigenvalue weighted by atomic mass is 16.7. The number of rotatable bonds is 3. The van der Waals surface area contributed by atoms with E-state index in [-0.39, 0.29) is 12.8 Å². The minimum atomic E-state index is -0.432. The molecule has 1 amide bonds. The van der Waals surface area contributed by atoms with Gasteiger partial charge < -0.3 is 14.2 Å². The van der Waals surface area contributed by atoms with E-state index in [1.54, 1.807) is 17.0 Å². The molecule has 0 bridgehead atoms. The van der Waals surface area contributed by atoms with Gasteiger partial charge in [-0.25, -0.2) is 4.79 Å². The number of benzene rings is 3. The molecule has 0 fully saturated rings. The summed E-state index contributed by atoms with van der Waals surface area (Å²) in [5, 5.41) is 0. The Morgan fingerprint density at radius 3 is 2.67 bits per heavy atom. The summed E-state index contributed by atoms with van der Waals surface area (Å²) < 4.78 is 16.4. The Morgan fingerprint density at radius 2 is 1.77 bits per heavy atom. The summed E-state index contributed by atoms with van der Waals surface area (Å²) in [4.78, 5) is 14.8. The Hall–Kier alpha value is -3.99. The maximum Gasteiger partial charge on any atom is 0.420 e. The maximum atomic E-state index is 13.1. The van der Waals surface area contributed by atoms with Crippen LogP contribution in [0, 0.1) is 0 Å². The second kappa shape index (κ2) is 7.79. The quantitative estimate of drug-likeness (QED) is 0.583. The van der Waals surface area contributed by atoms with Crippen molar-refractivity contribution in [2.45, 2.75) is 6.04 Å². The number of carbonyl (C=O) groups excluding carboxylic acids is 1. The van der Waals surface area contributed by atoms with Crippen LogP contribution in [0.2, 0.25) is 0 Å². The normalized spacial score (nSPS) is 16.5. The highest BCUT2D eigenvalue weighted by Crippen LogP contribution is 2.34. The number of para-hydroxylation sites is 2. The van der Waals surface area contributed by atoms with Crippen LogP contribution in [0.1, 0.15) is 11.1 Å². The Bertz CT molecular complexity index is 1140. The molecule has 0 aliphatic carbocycles. The molecule has 30 heavy (non-hydrogen) atoms. The first kappa shape index (κ1) is 18.1. The summed E-state index contributed by atoms with van der Waals surface area (Å²) in [6.07, 6.45) is 7.51. The van der Waals surface area contributed by atoms with Crippen molar-refractivity contribution in [3.8, 4) is 17.2 Å². The lowest BCUT2D eigenvalue weighted by Crippen LogP contribution is -2.42. The van der Waals surface area contributed by atoms with Crippen LogP contribution in [0.4, 0.5) is 10.5 Å². The number of anilines is 1. The fourth-order valence-electron chi connectivity index (χ4n) is 3.53. The average Bonchev–Trinajstić information content (AvgIpc) is 3.26. The van der Waals surface area contributed by atoms with Gasteiger partial charge in [-0.3, -0.25) is 4.90 Å². The Kier molecular flexibility index (Phi) is 4.69. The fraction of sp³-hybridized carbons (Fsp3) is 0.0800. The number of amides is 1. The highest BCUT2D eigenvalue weighted by molar-refractivity contribution is 5.95. The second-order valence-corrected chi connectivity index (χ2v) is 6.93. The van der Waals surface area contributed by atoms with Crippen molar-refractivity contribution in [1.29, 1.82) is 0 Å². The van der Waals surface area contributed by atoms with Crippen molar-refractivity contribution in [2.24, 2.45) is 0 Å². The average molecular weight is 397 g/mol. The molecule has 1 atom stereocenters. The molecule has 5 nitrogen and oxygen atoms in total. The van der Waals surface area contributed by atoms with Crippen LogP contribution in [-0.4, -0.2) is 18.9 Å². The van der Waals surface area contributed by atoms with Crippen LogP contribution in [0.5, 0.6) is 17.2 Å². The van der Waals surface area contributed by atoms with Gasteiger partial charge in [-0.1, -0.05) is 66.8 Å². The Labute approximate surface area is 174 Å². The first-order chi connectivity index (χ1) is 14.8. The van der Waals surface area contributed by atoms with Gasteiger partial charge in [-0.15, -0.1) is 0 Å². The topological polar surface area (TPSA) is 48.0 Å². The van der Waals surface area contributed by atoms with E-state index in [0.29, 0.717) is 5.75 Å². The predicted molar refractivity (Wildman–Crippen MR) is 116 cm³/mol. The minimum Gasteiger partial charge on any atom is -0.454 e. The number of hydrogen-bond donors (Lipinski definition) is 0. The molecule has 0 saturated carbocycles. The molecule has 0 saturated heterocycles. The van der Waals surface area contributed by atoms with Gasteiger partial charge in [0.1, 0.15) is 5.75 Å². The molecule has 2 aliphatic rings. The zero-order valence-electron chi connectivity index (χ0n) is 16.1. The molecule has 3 aromatic carbocycles. The molecule has 2 heterocycles. The number of ether oxygens (including phenoxy) is 3. The van der Waals surface area contributed by atoms with Crippen LogP contribution in [0.3, 0.4) is 0 Å². The molecule has 0 radical (unpaired) electrons. The largest absolute Gasteiger partial charge is 0.454 e. The zero-order chi connectivity index (χ0) is 20.3. The van der Waals surface area contributed by atoms with Crippen molar-refractivity contribution in [3.63, 3.8) is 0 Å². The van der Waals surface area contributed by atoms with Crippen LogP contribution in [-0.2, 0) is 0 Å². The molecule has 0 unspecified atom stereocenters. The van der Waals surface area contributed by atoms with Gasteiger partial charge in [0.15, 0.2) is 11.5 Å². The predicted octanol–water partition coefficient (Wildman–Crippen LogP) is 5.53. The van der Waals surface area contributed by atoms with Gasteiger partial charge in [-0.05, 0) is 41.5 Å². The molecule has 5 rings (SSSR count). The Balaban J connectivity index is 1.44. The molecule has 5 heteroatoms. The van der Waals surface area contributed by atoms with E-state index in [1.165, 1.54) is 0 Å². The molecule has 0 N–H and O–H groups in total. The van der Waals surface area contributed by atoms with E-state index in [4.69, 9.17) is 14.2 Å². The van der Waals surface area contributed by atoms with Crippen molar-refractivity contribution in [2.75, 3.05) is 11.7 Å². The molecule has 0 aromatic heterocycles. The summed E-state index contributed by atoms with van der Waals surface area (Å²) in [5.74, 6) is 1.97. The lowest BCUT2D eigenvalue weighted by molar-refractivity contribution is 0.174. The van der Waals surface area contributed by atoms with E-state index in [0.717, 1.165) is 28.3 Å². The van der Waals surface area contributed by atoms with Crippen molar-refractivity contribution >= 4 is 23.9 Å². The third-order valence-electron chi connectivity index (χ3n) is 4.99. The molecule has 0 spiro atoms. The maximum absolute atomic E-state index is 13.1. The van der Waals surface area contributed by atoms with Crippen LogP contribution >= 0.6 is 0 Å². The molecule has 3 aromatic rings. The fourth-order valence-corrected chi connectivity index (χ4v) is 3.53. The third-order valence-corrected chi connectivity index (χ3v) is 4.99. The molecular weight excluding hydrogens is 378 g/mol. The van der Waals surface area contributed by atoms with Gasteiger partial charge in [0, 0.05) is 0 Å². The molecule has 2 aliphatic heterocycles. The van der Waals surface area contributed by atoms with Crippen molar-refractivity contribution < 1.29 is 19.0 Å². The standard InChI is InChI=1S/C25H19NO4/c27-25(30-21-7-2-1-3-8-21)26-20(14-12-19-6-4-5-9-22(19)26)13-10-18-11-15-23-24(16-18)29-17-28-23/h1-16,20H,17H2/b13-10+/t20-/m1/s1. The summed E-state index contributed by atoms with van der Waals surface area (Å²) in [6.45, 7) is 0.240. The summed E-state index contributed by atoms with van der Waals surface area (Å²) in [7, 11) is 0. The van der Waals surface area contributed by atoms with Gasteiger partial charge in [-0.2, -0.15) is 0 Å². The van der Waals surface area contributed by atoms with Gasteiger partial charge in [0.25, 0.3) is 0 Å². The van der Waals surface area contributed by atoms with E-state index < -0.39 is 6.09 Å². The number of fused-ring (bicyclic) bond motifs is 2. The van der Waals surface area contributed by atoms with E-state index in [1.807, 2.05) is 85.0 Å². The molecule has 148 valence electrons. The van der Waals surface area contributed by atoms with Gasteiger partial charge in [0.2, 0.25) is 6.79 Å². The van der Waals surface area contributed by atoms with Crippen LogP contribution < -0.4 is 19.1 Å². The molecular formula is C25H19NO4. The van der Waals surface area contributed by atoms with Crippen LogP contribution in [0.15, 0.2) is 84.9 Å². The number of nitrogens with zero attached hydrogens (tertiary/aromatic N) is 1. The highest BCUT2D eigenvalue weighted by Gasteiger charge is 2.28. The summed E-state index contributed by atoms with van der Waals surface area (Å²) in [5.41, 5.74) is 2.74. The number of hydrogen-bond acceptors (Lipinski definition) is 4. The first-order valence-corrected chi connectivity index (χ1v) is 9.69. The Morgan fingerprint density at radius 1 is 0.967 bits per heavy atom. The second-order valence-electron chi connectivity index (χ2n) is 6.93. The monoisotopic (exact) mass is 397 g/mol. The lowest BCUT2D eigenvalue weighted by Gasteiger charge is -2.31. The summed E-state index contributed by atoms with van der Waals surface area (Å²) >= 11 is 0.